The molecule has 0 saturated carbocycles. The Morgan fingerprint density at radius 2 is 1.57 bits per heavy atom. The van der Waals surface area contributed by atoms with Crippen molar-refractivity contribution >= 4 is 52.4 Å². The number of ketones is 1. The van der Waals surface area contributed by atoms with Crippen LogP contribution in [0.25, 0.3) is 17.0 Å². The minimum absolute atomic E-state index is 0. The minimum Gasteiger partial charge on any atom is -0.664 e. The average Bonchev–Trinajstić information content (AvgIpc) is 3.97. The van der Waals surface area contributed by atoms with E-state index in [-0.39, 0.29) is 59.7 Å². The molecule has 0 spiro atoms. The topological polar surface area (TPSA) is 126 Å². The summed E-state index contributed by atoms with van der Waals surface area (Å²) >= 11 is 0. The molecule has 0 N–H and O–H groups in total. The Hall–Kier alpha value is -3.76. The number of methoxy groups -OCH3 is 1. The number of allylic oxidation sites excluding steroid dienone is 3. The maximum atomic E-state index is 14.4. The number of nitrogens with zero attached hydrogens (tertiary/aromatic N) is 4. The van der Waals surface area contributed by atoms with E-state index in [0.29, 0.717) is 48.2 Å². The van der Waals surface area contributed by atoms with Crippen LogP contribution < -0.4 is 15.0 Å². The molecule has 8 bridgehead atoms. The Morgan fingerprint density at radius 3 is 2.25 bits per heavy atom. The van der Waals surface area contributed by atoms with Gasteiger partial charge in [0.1, 0.15) is 12.5 Å². The number of ether oxygens (including phenoxy) is 2. The van der Waals surface area contributed by atoms with Crippen molar-refractivity contribution in [2.45, 2.75) is 146 Å². The Kier molecular flexibility index (Phi) is 16.7. The first kappa shape index (κ1) is 48.3. The van der Waals surface area contributed by atoms with Gasteiger partial charge in [0.15, 0.2) is 5.78 Å². The maximum Gasteiger partial charge on any atom is 2.00 e. The van der Waals surface area contributed by atoms with Crippen molar-refractivity contribution in [3.05, 3.63) is 103 Å². The van der Waals surface area contributed by atoms with Crippen molar-refractivity contribution in [2.24, 2.45) is 29.6 Å². The average molecular weight is 840 g/mol. The van der Waals surface area contributed by atoms with E-state index in [1.807, 2.05) is 19.1 Å². The van der Waals surface area contributed by atoms with E-state index in [1.165, 1.54) is 50.4 Å². The van der Waals surface area contributed by atoms with Gasteiger partial charge in [-0.3, -0.25) is 14.4 Å². The normalized spacial score (nSPS) is 21.4. The van der Waals surface area contributed by atoms with E-state index in [2.05, 4.69) is 62.3 Å². The zero-order chi connectivity index (χ0) is 43.4. The van der Waals surface area contributed by atoms with Crippen molar-refractivity contribution < 1.29 is 23.9 Å². The van der Waals surface area contributed by atoms with E-state index in [4.69, 9.17) is 29.7 Å². The van der Waals surface area contributed by atoms with Gasteiger partial charge in [0.05, 0.1) is 7.11 Å². The maximum absolute atomic E-state index is 14.4. The van der Waals surface area contributed by atoms with Gasteiger partial charge in [-0.05, 0) is 96.0 Å². The van der Waals surface area contributed by atoms with Crippen LogP contribution in [0.2, 0.25) is 0 Å². The molecule has 61 heavy (non-hydrogen) atoms. The van der Waals surface area contributed by atoms with Gasteiger partial charge in [-0.2, -0.15) is 40.6 Å². The van der Waals surface area contributed by atoms with Crippen molar-refractivity contribution in [1.29, 1.82) is 0 Å². The van der Waals surface area contributed by atoms with Crippen molar-refractivity contribution in [3.63, 3.8) is 0 Å². The largest absolute Gasteiger partial charge is 2.00 e. The monoisotopic (exact) mass is 839 g/mol. The number of hydrogen-bond acceptors (Lipinski definition) is 5. The minimum atomic E-state index is -1.19. The molecule has 2 aliphatic heterocycles. The zero-order valence-electron chi connectivity index (χ0n) is 38.7. The van der Waals surface area contributed by atoms with Gasteiger partial charge in [0.2, 0.25) is 0 Å². The first-order valence-electron chi connectivity index (χ1n) is 22.6. The second-order valence-electron chi connectivity index (χ2n) is 17.9. The summed E-state index contributed by atoms with van der Waals surface area (Å²) in [6.07, 6.45) is 15.6. The van der Waals surface area contributed by atoms with E-state index in [0.717, 1.165) is 87.5 Å². The second-order valence-corrected chi connectivity index (χ2v) is 17.9. The van der Waals surface area contributed by atoms with Crippen molar-refractivity contribution in [2.75, 3.05) is 13.7 Å². The van der Waals surface area contributed by atoms with Crippen LogP contribution in [0.3, 0.4) is 0 Å². The summed E-state index contributed by atoms with van der Waals surface area (Å²) in [4.78, 5) is 56.8. The molecule has 0 aromatic carbocycles. The predicted molar refractivity (Wildman–Crippen MR) is 244 cm³/mol. The van der Waals surface area contributed by atoms with E-state index in [9.17, 15) is 14.4 Å². The molecule has 1 aliphatic carbocycles. The van der Waals surface area contributed by atoms with Crippen molar-refractivity contribution in [3.8, 4) is 0 Å². The number of fused-ring (bicyclic) bond motifs is 7. The molecule has 0 radical (unpaired) electrons. The Balaban J connectivity index is 0.00000704. The molecule has 1 fully saturated rings. The Morgan fingerprint density at radius 1 is 0.902 bits per heavy atom. The summed E-state index contributed by atoms with van der Waals surface area (Å²) < 4.78 is 11.0. The Labute approximate surface area is 381 Å². The van der Waals surface area contributed by atoms with Crippen LogP contribution in [-0.4, -0.2) is 54.5 Å². The fourth-order valence-corrected chi connectivity index (χ4v) is 9.72. The fraction of sp³-hybridized carbons (Fsp3) is 0.569. The summed E-state index contributed by atoms with van der Waals surface area (Å²) in [6.45, 7) is 23.9. The van der Waals surface area contributed by atoms with Crippen LogP contribution in [0.15, 0.2) is 23.0 Å². The van der Waals surface area contributed by atoms with Crippen molar-refractivity contribution in [1.82, 2.24) is 15.0 Å². The second kappa shape index (κ2) is 21.1. The third-order valence-corrected chi connectivity index (χ3v) is 13.9. The van der Waals surface area contributed by atoms with Crippen LogP contribution in [0, 0.1) is 57.3 Å². The summed E-state index contributed by atoms with van der Waals surface area (Å²) in [5.41, 5.74) is 13.8. The molecule has 3 aromatic rings. The molecule has 326 valence electrons. The summed E-state index contributed by atoms with van der Waals surface area (Å²) in [5.74, 6) is -1.36. The standard InChI is InChI=1S/C51H68N4O5.Mg/c1-12-28(4)17-15-18-29(5)19-16-20-30(6)23-24-60-44(56)22-21-37-33(9)40-25-38-31(7)35(13-2)42(52-38)26-39-32(8)36(14-3)43(53-39)27-41-34(10)45-49(55-41)46(48(37)54-40)47(50(45)57)51(58)59-11;/h23,25,28-29,33,37,47H,2,12-22,24,26-27H2,1,3-11H3,(H-,54,55,57);/q-4;+2/p-1/b30-23+,40-25-;/t28-,29-,33+,37+,47-;/m1./s1. The molecule has 0 unspecified atom stereocenters. The third kappa shape index (κ3) is 10.2. The van der Waals surface area contributed by atoms with Gasteiger partial charge in [0, 0.05) is 12.0 Å². The fourth-order valence-electron chi connectivity index (χ4n) is 9.72. The van der Waals surface area contributed by atoms with Gasteiger partial charge >= 0.3 is 35.0 Å². The van der Waals surface area contributed by atoms with Crippen LogP contribution in [0.4, 0.5) is 0 Å². The quantitative estimate of drug-likeness (QED) is 0.0432. The number of carbonyl (C=O) groups is 3. The van der Waals surface area contributed by atoms with Gasteiger partial charge in [-0.1, -0.05) is 112 Å². The summed E-state index contributed by atoms with van der Waals surface area (Å²) in [5, 5.41) is 5.26. The van der Waals surface area contributed by atoms with Gasteiger partial charge in [0.25, 0.3) is 0 Å². The molecule has 0 amide bonds. The van der Waals surface area contributed by atoms with Crippen LogP contribution >= 0.6 is 0 Å². The first-order valence-corrected chi connectivity index (χ1v) is 22.6. The number of aromatic nitrogens is 3. The molecule has 10 heteroatoms. The van der Waals surface area contributed by atoms with Gasteiger partial charge in [-0.25, -0.2) is 0 Å². The Bertz CT molecular complexity index is 2180. The molecule has 1 saturated heterocycles. The molecular formula is C51H67MgN4O5-3. The van der Waals surface area contributed by atoms with Crippen LogP contribution in [0.1, 0.15) is 172 Å². The molecule has 6 rings (SSSR count). The SMILES string of the molecule is [CH2-]Cc1c2[n-]c(c1C)/C=C1\[N-]/C(=C3\c4[n-]c(c(C)c4C(=O)[C@@H]3C(=O)OC)Cc3[n-]c(c(C)c3CC)C2)[C@@H](CCC(=O)OC/C=C(\C)CCC[C@H](C)CCC[C@H](C)CC)[C@@H]1C.[Mg+2]. The van der Waals surface area contributed by atoms with E-state index < -0.39 is 11.9 Å². The summed E-state index contributed by atoms with van der Waals surface area (Å²) in [7, 11) is 1.31. The number of Topliss-reactive ketones (excluding diaryl/α,β-unsaturated/α-hetero) is 1. The summed E-state index contributed by atoms with van der Waals surface area (Å²) in [6, 6.07) is 0. The van der Waals surface area contributed by atoms with E-state index >= 15 is 0 Å². The van der Waals surface area contributed by atoms with Gasteiger partial charge < -0.3 is 36.7 Å². The molecule has 5 heterocycles. The number of carbonyl (C=O) groups excluding carboxylic acids is 3. The third-order valence-electron chi connectivity index (χ3n) is 13.9. The number of rotatable bonds is 17. The van der Waals surface area contributed by atoms with Gasteiger partial charge in [-0.15, -0.1) is 11.4 Å². The number of hydrogen-bond donors (Lipinski definition) is 0. The molecule has 5 atom stereocenters. The molecule has 9 nitrogen and oxygen atoms in total. The zero-order valence-corrected chi connectivity index (χ0v) is 40.1. The predicted octanol–water partition coefficient (Wildman–Crippen LogP) is 10.2. The molecular weight excluding hydrogens is 773 g/mol. The van der Waals surface area contributed by atoms with E-state index in [1.54, 1.807) is 0 Å². The smallest absolute Gasteiger partial charge is 0.664 e. The molecule has 3 aromatic heterocycles. The number of esters is 2. The first-order chi connectivity index (χ1) is 28.7. The van der Waals surface area contributed by atoms with Crippen LogP contribution in [0.5, 0.6) is 0 Å². The van der Waals surface area contributed by atoms with Crippen LogP contribution in [-0.2, 0) is 44.7 Å². The molecule has 3 aliphatic rings.